The van der Waals surface area contributed by atoms with E-state index in [1.165, 1.54) is 0 Å². The van der Waals surface area contributed by atoms with E-state index in [0.29, 0.717) is 18.0 Å². The number of amides is 1. The zero-order valence-electron chi connectivity index (χ0n) is 13.2. The van der Waals surface area contributed by atoms with Gasteiger partial charge >= 0.3 is 0 Å². The van der Waals surface area contributed by atoms with Gasteiger partial charge in [-0.3, -0.25) is 4.79 Å². The SMILES string of the molecule is CC[C@@]1(O)CCC[C@@H]2CN(C(=O)Cc3ccccc3O)C[C@@H]21. The average molecular weight is 303 g/mol. The van der Waals surface area contributed by atoms with Gasteiger partial charge in [0.15, 0.2) is 0 Å². The highest BCUT2D eigenvalue weighted by atomic mass is 16.3. The van der Waals surface area contributed by atoms with Crippen molar-refractivity contribution in [1.82, 2.24) is 4.90 Å². The number of para-hydroxylation sites is 1. The van der Waals surface area contributed by atoms with Crippen LogP contribution in [0.2, 0.25) is 0 Å². The Kier molecular flexibility index (Phi) is 4.13. The molecule has 22 heavy (non-hydrogen) atoms. The number of carbonyl (C=O) groups excluding carboxylic acids is 1. The molecule has 1 saturated carbocycles. The molecule has 1 aliphatic carbocycles. The number of hydrogen-bond acceptors (Lipinski definition) is 3. The number of carbonyl (C=O) groups is 1. The topological polar surface area (TPSA) is 60.8 Å². The molecule has 3 rings (SSSR count). The van der Waals surface area contributed by atoms with Crippen LogP contribution >= 0.6 is 0 Å². The fraction of sp³-hybridized carbons (Fsp3) is 0.611. The largest absolute Gasteiger partial charge is 0.508 e. The molecule has 1 aromatic rings. The maximum absolute atomic E-state index is 12.5. The fourth-order valence-corrected chi connectivity index (χ4v) is 4.21. The third-order valence-electron chi connectivity index (χ3n) is 5.61. The van der Waals surface area contributed by atoms with Gasteiger partial charge < -0.3 is 15.1 Å². The first kappa shape index (κ1) is 15.3. The summed E-state index contributed by atoms with van der Waals surface area (Å²) in [6.07, 6.45) is 4.00. The molecular formula is C18H25NO3. The summed E-state index contributed by atoms with van der Waals surface area (Å²) in [5.41, 5.74) is 0.0699. The Morgan fingerprint density at radius 2 is 2.14 bits per heavy atom. The molecule has 0 radical (unpaired) electrons. The maximum atomic E-state index is 12.5. The zero-order chi connectivity index (χ0) is 15.7. The lowest BCUT2D eigenvalue weighted by molar-refractivity contribution is -0.130. The number of nitrogens with zero attached hydrogens (tertiary/aromatic N) is 1. The first-order valence-corrected chi connectivity index (χ1v) is 8.30. The van der Waals surface area contributed by atoms with E-state index in [4.69, 9.17) is 0 Å². The van der Waals surface area contributed by atoms with Crippen LogP contribution < -0.4 is 0 Å². The quantitative estimate of drug-likeness (QED) is 0.901. The van der Waals surface area contributed by atoms with Crippen LogP contribution in [0, 0.1) is 11.8 Å². The minimum atomic E-state index is -0.604. The molecule has 2 aliphatic rings. The van der Waals surface area contributed by atoms with Crippen molar-refractivity contribution in [3.05, 3.63) is 29.8 Å². The number of benzene rings is 1. The van der Waals surface area contributed by atoms with Crippen LogP contribution in [0.5, 0.6) is 5.75 Å². The predicted octanol–water partition coefficient (Wildman–Crippen LogP) is 2.33. The Labute approximate surface area is 131 Å². The Morgan fingerprint density at radius 1 is 1.36 bits per heavy atom. The zero-order valence-corrected chi connectivity index (χ0v) is 13.2. The lowest BCUT2D eigenvalue weighted by Crippen LogP contribution is -2.44. The molecule has 3 atom stereocenters. The Morgan fingerprint density at radius 3 is 2.86 bits per heavy atom. The molecule has 4 nitrogen and oxygen atoms in total. The van der Waals surface area contributed by atoms with Gasteiger partial charge in [-0.05, 0) is 31.2 Å². The molecule has 0 spiro atoms. The minimum Gasteiger partial charge on any atom is -0.508 e. The third-order valence-corrected chi connectivity index (χ3v) is 5.61. The van der Waals surface area contributed by atoms with Crippen LogP contribution in [0.15, 0.2) is 24.3 Å². The standard InChI is InChI=1S/C18H25NO3/c1-2-18(22)9-5-7-14-11-19(12-15(14)18)17(21)10-13-6-3-4-8-16(13)20/h3-4,6,8,14-15,20,22H,2,5,7,9-12H2,1H3/t14-,15+,18-/m1/s1. The van der Waals surface area contributed by atoms with Crippen LogP contribution in [0.1, 0.15) is 38.2 Å². The molecule has 0 unspecified atom stereocenters. The van der Waals surface area contributed by atoms with E-state index in [1.54, 1.807) is 18.2 Å². The van der Waals surface area contributed by atoms with Gasteiger partial charge in [0, 0.05) is 24.6 Å². The number of aromatic hydroxyl groups is 1. The summed E-state index contributed by atoms with van der Waals surface area (Å²) in [6.45, 7) is 3.44. The molecule has 0 aromatic heterocycles. The molecule has 2 fully saturated rings. The van der Waals surface area contributed by atoms with Crippen molar-refractivity contribution in [1.29, 1.82) is 0 Å². The van der Waals surface area contributed by atoms with E-state index < -0.39 is 5.60 Å². The number of hydrogen-bond donors (Lipinski definition) is 2. The van der Waals surface area contributed by atoms with Gasteiger partial charge in [0.05, 0.1) is 12.0 Å². The summed E-state index contributed by atoms with van der Waals surface area (Å²) in [7, 11) is 0. The molecule has 4 heteroatoms. The normalized spacial score (nSPS) is 31.1. The van der Waals surface area contributed by atoms with Crippen molar-refractivity contribution in [2.45, 2.75) is 44.6 Å². The van der Waals surface area contributed by atoms with Crippen molar-refractivity contribution in [2.75, 3.05) is 13.1 Å². The average Bonchev–Trinajstić information content (AvgIpc) is 2.96. The van der Waals surface area contributed by atoms with E-state index in [1.807, 2.05) is 17.9 Å². The maximum Gasteiger partial charge on any atom is 0.227 e. The minimum absolute atomic E-state index is 0.0503. The highest BCUT2D eigenvalue weighted by Gasteiger charge is 2.48. The van der Waals surface area contributed by atoms with E-state index >= 15 is 0 Å². The van der Waals surface area contributed by atoms with E-state index in [-0.39, 0.29) is 24.0 Å². The summed E-state index contributed by atoms with van der Waals surface area (Å²) in [5.74, 6) is 0.860. The molecule has 1 aliphatic heterocycles. The lowest BCUT2D eigenvalue weighted by Gasteiger charge is -2.40. The molecule has 0 bridgehead atoms. The molecule has 120 valence electrons. The fourth-order valence-electron chi connectivity index (χ4n) is 4.21. The molecule has 1 saturated heterocycles. The van der Waals surface area contributed by atoms with Crippen molar-refractivity contribution in [3.8, 4) is 5.75 Å². The van der Waals surface area contributed by atoms with Crippen molar-refractivity contribution in [2.24, 2.45) is 11.8 Å². The van der Waals surface area contributed by atoms with Crippen LogP contribution in [0.3, 0.4) is 0 Å². The van der Waals surface area contributed by atoms with Crippen LogP contribution in [-0.2, 0) is 11.2 Å². The first-order valence-electron chi connectivity index (χ1n) is 8.30. The summed E-state index contributed by atoms with van der Waals surface area (Å²) < 4.78 is 0. The number of aliphatic hydroxyl groups is 1. The number of fused-ring (bicyclic) bond motifs is 1. The highest BCUT2D eigenvalue weighted by molar-refractivity contribution is 5.79. The number of likely N-dealkylation sites (tertiary alicyclic amines) is 1. The Bertz CT molecular complexity index is 559. The second-order valence-electron chi connectivity index (χ2n) is 6.82. The van der Waals surface area contributed by atoms with E-state index in [0.717, 1.165) is 32.2 Å². The number of phenolic OH excluding ortho intramolecular Hbond substituents is 1. The molecule has 2 N–H and O–H groups in total. The van der Waals surface area contributed by atoms with Crippen LogP contribution in [0.25, 0.3) is 0 Å². The number of phenols is 1. The van der Waals surface area contributed by atoms with Crippen LogP contribution in [-0.4, -0.2) is 39.7 Å². The van der Waals surface area contributed by atoms with Gasteiger partial charge in [0.1, 0.15) is 5.75 Å². The van der Waals surface area contributed by atoms with Crippen LogP contribution in [0.4, 0.5) is 0 Å². The summed E-state index contributed by atoms with van der Waals surface area (Å²) >= 11 is 0. The Hall–Kier alpha value is -1.55. The van der Waals surface area contributed by atoms with Gasteiger partial charge in [0.2, 0.25) is 5.91 Å². The molecule has 1 heterocycles. The molecule has 1 aromatic carbocycles. The van der Waals surface area contributed by atoms with E-state index in [9.17, 15) is 15.0 Å². The third kappa shape index (κ3) is 2.72. The van der Waals surface area contributed by atoms with Crippen molar-refractivity contribution in [3.63, 3.8) is 0 Å². The molecule has 1 amide bonds. The number of rotatable bonds is 3. The summed E-state index contributed by atoms with van der Waals surface area (Å²) in [6, 6.07) is 7.00. The Balaban J connectivity index is 1.69. The first-order chi connectivity index (χ1) is 10.5. The van der Waals surface area contributed by atoms with Gasteiger partial charge in [-0.1, -0.05) is 31.5 Å². The summed E-state index contributed by atoms with van der Waals surface area (Å²) in [5, 5.41) is 20.6. The predicted molar refractivity (Wildman–Crippen MR) is 84.5 cm³/mol. The van der Waals surface area contributed by atoms with Gasteiger partial charge in [-0.15, -0.1) is 0 Å². The van der Waals surface area contributed by atoms with Gasteiger partial charge in [0.25, 0.3) is 0 Å². The highest BCUT2D eigenvalue weighted by Crippen LogP contribution is 2.44. The second kappa shape index (κ2) is 5.92. The van der Waals surface area contributed by atoms with E-state index in [2.05, 4.69) is 0 Å². The van der Waals surface area contributed by atoms with Crippen molar-refractivity contribution < 1.29 is 15.0 Å². The summed E-state index contributed by atoms with van der Waals surface area (Å²) in [4.78, 5) is 14.4. The van der Waals surface area contributed by atoms with Gasteiger partial charge in [-0.2, -0.15) is 0 Å². The van der Waals surface area contributed by atoms with Crippen molar-refractivity contribution >= 4 is 5.91 Å². The monoisotopic (exact) mass is 303 g/mol. The van der Waals surface area contributed by atoms with Gasteiger partial charge in [-0.25, -0.2) is 0 Å². The smallest absolute Gasteiger partial charge is 0.227 e. The molecular weight excluding hydrogens is 278 g/mol. The lowest BCUT2D eigenvalue weighted by atomic mass is 9.69. The second-order valence-corrected chi connectivity index (χ2v) is 6.82.